The average molecular weight is 278 g/mol. The number of carbonyl (C=O) groups excluding carboxylic acids is 2. The minimum atomic E-state index is -0.491. The van der Waals surface area contributed by atoms with Crippen molar-refractivity contribution in [2.45, 2.75) is 0 Å². The van der Waals surface area contributed by atoms with Crippen LogP contribution in [-0.2, 0) is 9.53 Å². The number of fused-ring (bicyclic) bond motifs is 1. The molecule has 19 heavy (non-hydrogen) atoms. The standard InChI is InChI=1S/C13H14N2O3S/c1-15(2)12(16)7-18-13(17)11-6-8-5-9(14)3-4-10(8)19-11/h3-6H,7,14H2,1-2H3. The van der Waals surface area contributed by atoms with E-state index in [-0.39, 0.29) is 12.5 Å². The molecule has 0 spiro atoms. The van der Waals surface area contributed by atoms with Gasteiger partial charge in [0.1, 0.15) is 4.88 Å². The molecule has 0 fully saturated rings. The lowest BCUT2D eigenvalue weighted by Crippen LogP contribution is -2.27. The molecule has 1 heterocycles. The zero-order valence-corrected chi connectivity index (χ0v) is 11.5. The van der Waals surface area contributed by atoms with Gasteiger partial charge >= 0.3 is 5.97 Å². The van der Waals surface area contributed by atoms with Gasteiger partial charge in [-0.05, 0) is 29.7 Å². The van der Waals surface area contributed by atoms with Crippen LogP contribution in [0.5, 0.6) is 0 Å². The summed E-state index contributed by atoms with van der Waals surface area (Å²) in [6.45, 7) is -0.248. The van der Waals surface area contributed by atoms with Gasteiger partial charge < -0.3 is 15.4 Å². The molecule has 0 aliphatic rings. The molecule has 5 nitrogen and oxygen atoms in total. The number of nitrogen functional groups attached to an aromatic ring is 1. The molecule has 1 aromatic heterocycles. The molecule has 0 aliphatic heterocycles. The fraction of sp³-hybridized carbons (Fsp3) is 0.231. The summed E-state index contributed by atoms with van der Waals surface area (Å²) in [6.07, 6.45) is 0. The normalized spacial score (nSPS) is 10.4. The van der Waals surface area contributed by atoms with Gasteiger partial charge in [0.05, 0.1) is 0 Å². The second-order valence-electron chi connectivity index (χ2n) is 4.27. The fourth-order valence-electron chi connectivity index (χ4n) is 1.49. The van der Waals surface area contributed by atoms with E-state index in [0.29, 0.717) is 10.6 Å². The summed E-state index contributed by atoms with van der Waals surface area (Å²) in [5.74, 6) is -0.742. The van der Waals surface area contributed by atoms with Crippen LogP contribution in [0.3, 0.4) is 0 Å². The van der Waals surface area contributed by atoms with Crippen LogP contribution in [0.2, 0.25) is 0 Å². The third kappa shape index (κ3) is 3.03. The highest BCUT2D eigenvalue weighted by Gasteiger charge is 2.14. The number of likely N-dealkylation sites (N-methyl/N-ethyl adjacent to an activating group) is 1. The van der Waals surface area contributed by atoms with Gasteiger partial charge in [0, 0.05) is 24.5 Å². The van der Waals surface area contributed by atoms with Crippen molar-refractivity contribution >= 4 is 39.0 Å². The van der Waals surface area contributed by atoms with Crippen LogP contribution in [0.4, 0.5) is 5.69 Å². The number of nitrogens with zero attached hydrogens (tertiary/aromatic N) is 1. The van der Waals surface area contributed by atoms with Crippen molar-refractivity contribution in [2.24, 2.45) is 0 Å². The summed E-state index contributed by atoms with van der Waals surface area (Å²) in [5.41, 5.74) is 6.33. The Kier molecular flexibility index (Phi) is 3.71. The molecule has 100 valence electrons. The Balaban J connectivity index is 2.11. The van der Waals surface area contributed by atoms with E-state index in [0.717, 1.165) is 10.1 Å². The van der Waals surface area contributed by atoms with Crippen LogP contribution in [-0.4, -0.2) is 37.5 Å². The van der Waals surface area contributed by atoms with Crippen molar-refractivity contribution in [3.05, 3.63) is 29.1 Å². The van der Waals surface area contributed by atoms with Gasteiger partial charge in [-0.15, -0.1) is 11.3 Å². The lowest BCUT2D eigenvalue weighted by Gasteiger charge is -2.09. The largest absolute Gasteiger partial charge is 0.451 e. The minimum absolute atomic E-state index is 0.248. The van der Waals surface area contributed by atoms with E-state index in [1.165, 1.54) is 16.2 Å². The fourth-order valence-corrected chi connectivity index (χ4v) is 2.43. The first-order valence-electron chi connectivity index (χ1n) is 5.63. The van der Waals surface area contributed by atoms with Crippen LogP contribution in [0.25, 0.3) is 10.1 Å². The zero-order valence-electron chi connectivity index (χ0n) is 10.7. The van der Waals surface area contributed by atoms with Gasteiger partial charge in [-0.2, -0.15) is 0 Å². The first-order chi connectivity index (χ1) is 8.97. The lowest BCUT2D eigenvalue weighted by molar-refractivity contribution is -0.131. The maximum atomic E-state index is 11.8. The predicted octanol–water partition coefficient (Wildman–Crippen LogP) is 1.73. The third-order valence-corrected chi connectivity index (χ3v) is 3.66. The zero-order chi connectivity index (χ0) is 14.0. The van der Waals surface area contributed by atoms with Crippen molar-refractivity contribution in [3.63, 3.8) is 0 Å². The smallest absolute Gasteiger partial charge is 0.348 e. The van der Waals surface area contributed by atoms with Gasteiger partial charge in [0.25, 0.3) is 5.91 Å². The number of esters is 1. The molecule has 0 unspecified atom stereocenters. The molecule has 0 atom stereocenters. The van der Waals surface area contributed by atoms with Crippen molar-refractivity contribution in [1.29, 1.82) is 0 Å². The first kappa shape index (κ1) is 13.4. The van der Waals surface area contributed by atoms with Gasteiger partial charge in [-0.3, -0.25) is 4.79 Å². The number of hydrogen-bond donors (Lipinski definition) is 1. The number of anilines is 1. The highest BCUT2D eigenvalue weighted by atomic mass is 32.1. The number of amides is 1. The number of nitrogens with two attached hydrogens (primary N) is 1. The van der Waals surface area contributed by atoms with Gasteiger partial charge in [0.15, 0.2) is 6.61 Å². The van der Waals surface area contributed by atoms with E-state index >= 15 is 0 Å². The quantitative estimate of drug-likeness (QED) is 0.685. The average Bonchev–Trinajstić information content (AvgIpc) is 2.78. The van der Waals surface area contributed by atoms with Crippen molar-refractivity contribution in [1.82, 2.24) is 4.90 Å². The Hall–Kier alpha value is -2.08. The van der Waals surface area contributed by atoms with Crippen molar-refractivity contribution in [2.75, 3.05) is 26.4 Å². The van der Waals surface area contributed by atoms with E-state index < -0.39 is 5.97 Å². The summed E-state index contributed by atoms with van der Waals surface area (Å²) >= 11 is 1.32. The Morgan fingerprint density at radius 3 is 2.74 bits per heavy atom. The molecule has 1 aromatic carbocycles. The SMILES string of the molecule is CN(C)C(=O)COC(=O)c1cc2cc(N)ccc2s1. The Morgan fingerprint density at radius 1 is 1.32 bits per heavy atom. The van der Waals surface area contributed by atoms with E-state index in [9.17, 15) is 9.59 Å². The number of hydrogen-bond acceptors (Lipinski definition) is 5. The second kappa shape index (κ2) is 5.27. The molecule has 2 aromatic rings. The highest BCUT2D eigenvalue weighted by molar-refractivity contribution is 7.20. The molecular formula is C13H14N2O3S. The van der Waals surface area contributed by atoms with E-state index in [4.69, 9.17) is 10.5 Å². The summed E-state index contributed by atoms with van der Waals surface area (Å²) in [4.78, 5) is 25.0. The van der Waals surface area contributed by atoms with Crippen LogP contribution in [0, 0.1) is 0 Å². The number of carbonyl (C=O) groups is 2. The molecule has 0 bridgehead atoms. The molecule has 0 radical (unpaired) electrons. The van der Waals surface area contributed by atoms with Crippen molar-refractivity contribution < 1.29 is 14.3 Å². The van der Waals surface area contributed by atoms with E-state index in [1.54, 1.807) is 32.3 Å². The van der Waals surface area contributed by atoms with Crippen molar-refractivity contribution in [3.8, 4) is 0 Å². The Bertz CT molecular complexity index is 634. The number of benzene rings is 1. The maximum absolute atomic E-state index is 11.8. The van der Waals surface area contributed by atoms with Crippen LogP contribution in [0.1, 0.15) is 9.67 Å². The molecular weight excluding hydrogens is 264 g/mol. The number of ether oxygens (including phenoxy) is 1. The molecule has 0 saturated heterocycles. The predicted molar refractivity (Wildman–Crippen MR) is 75.2 cm³/mol. The van der Waals surface area contributed by atoms with Gasteiger partial charge in [-0.1, -0.05) is 0 Å². The lowest BCUT2D eigenvalue weighted by atomic mass is 10.2. The molecule has 6 heteroatoms. The topological polar surface area (TPSA) is 72.6 Å². The van der Waals surface area contributed by atoms with E-state index in [2.05, 4.69) is 0 Å². The summed E-state index contributed by atoms with van der Waals surface area (Å²) < 4.78 is 5.92. The summed E-state index contributed by atoms with van der Waals surface area (Å²) in [6, 6.07) is 7.16. The Labute approximate surface area is 114 Å². The summed E-state index contributed by atoms with van der Waals surface area (Å²) in [5, 5.41) is 0.899. The number of thiophene rings is 1. The van der Waals surface area contributed by atoms with Gasteiger partial charge in [-0.25, -0.2) is 4.79 Å². The van der Waals surface area contributed by atoms with Crippen LogP contribution in [0.15, 0.2) is 24.3 Å². The maximum Gasteiger partial charge on any atom is 0.348 e. The highest BCUT2D eigenvalue weighted by Crippen LogP contribution is 2.27. The van der Waals surface area contributed by atoms with Crippen LogP contribution >= 0.6 is 11.3 Å². The minimum Gasteiger partial charge on any atom is -0.451 e. The van der Waals surface area contributed by atoms with Gasteiger partial charge in [0.2, 0.25) is 0 Å². The van der Waals surface area contributed by atoms with Crippen LogP contribution < -0.4 is 5.73 Å². The second-order valence-corrected chi connectivity index (χ2v) is 5.36. The molecule has 0 aliphatic carbocycles. The molecule has 2 rings (SSSR count). The summed E-state index contributed by atoms with van der Waals surface area (Å²) in [7, 11) is 3.22. The van der Waals surface area contributed by atoms with E-state index in [1.807, 2.05) is 6.07 Å². The molecule has 2 N–H and O–H groups in total. The third-order valence-electron chi connectivity index (χ3n) is 2.57. The molecule has 0 saturated carbocycles. The molecule has 1 amide bonds. The monoisotopic (exact) mass is 278 g/mol. The first-order valence-corrected chi connectivity index (χ1v) is 6.45. The Morgan fingerprint density at radius 2 is 2.05 bits per heavy atom. The number of rotatable bonds is 3.